The second-order valence-corrected chi connectivity index (χ2v) is 4.90. The summed E-state index contributed by atoms with van der Waals surface area (Å²) in [5, 5.41) is 9.54. The molecule has 1 N–H and O–H groups in total. The number of hydrogen-bond donors (Lipinski definition) is 1. The van der Waals surface area contributed by atoms with Crippen LogP contribution in [-0.2, 0) is 5.75 Å². The van der Waals surface area contributed by atoms with Crippen molar-refractivity contribution in [2.75, 3.05) is 6.61 Å². The van der Waals surface area contributed by atoms with E-state index in [1.807, 2.05) is 0 Å². The minimum atomic E-state index is -0.313. The van der Waals surface area contributed by atoms with Gasteiger partial charge in [-0.2, -0.15) is 0 Å². The number of halogens is 1. The molecule has 20 heavy (non-hydrogen) atoms. The maximum Gasteiger partial charge on any atom is 0.124 e. The van der Waals surface area contributed by atoms with Crippen molar-refractivity contribution in [2.45, 2.75) is 17.2 Å². The van der Waals surface area contributed by atoms with Crippen molar-refractivity contribution in [3.05, 3.63) is 53.7 Å². The highest BCUT2D eigenvalue weighted by Crippen LogP contribution is 2.22. The number of rotatable bonds is 4. The molecule has 1 heterocycles. The van der Waals surface area contributed by atoms with E-state index in [1.165, 1.54) is 23.9 Å². The van der Waals surface area contributed by atoms with Gasteiger partial charge in [-0.25, -0.2) is 9.37 Å². The summed E-state index contributed by atoms with van der Waals surface area (Å²) in [6.07, 6.45) is 5.32. The highest BCUT2D eigenvalue weighted by molar-refractivity contribution is 7.98. The third-order valence-corrected chi connectivity index (χ3v) is 3.41. The number of aliphatic hydroxyl groups is 1. The lowest BCUT2D eigenvalue weighted by molar-refractivity contribution is 0.305. The molecule has 2 aromatic rings. The standard InChI is InChI=1S/C15H13FN2OS/c16-14-5-4-13(12(9-14)3-1-2-8-19)11-20-15-10-17-6-7-18-15/h4-7,9-10,19H,2,8,11H2. The molecule has 0 radical (unpaired) electrons. The van der Waals surface area contributed by atoms with Gasteiger partial charge in [0.2, 0.25) is 0 Å². The van der Waals surface area contributed by atoms with Crippen LogP contribution in [0.4, 0.5) is 4.39 Å². The Hall–Kier alpha value is -1.90. The molecular formula is C15H13FN2OS. The zero-order chi connectivity index (χ0) is 14.2. The van der Waals surface area contributed by atoms with E-state index >= 15 is 0 Å². The van der Waals surface area contributed by atoms with Crippen LogP contribution in [0.3, 0.4) is 0 Å². The second kappa shape index (κ2) is 7.63. The van der Waals surface area contributed by atoms with Crippen LogP contribution in [0.1, 0.15) is 17.5 Å². The smallest absolute Gasteiger partial charge is 0.124 e. The van der Waals surface area contributed by atoms with Gasteiger partial charge in [-0.15, -0.1) is 11.8 Å². The van der Waals surface area contributed by atoms with E-state index in [1.54, 1.807) is 24.7 Å². The maximum atomic E-state index is 13.3. The molecule has 0 unspecified atom stereocenters. The molecule has 0 atom stereocenters. The van der Waals surface area contributed by atoms with Crippen LogP contribution in [0.2, 0.25) is 0 Å². The predicted molar refractivity (Wildman–Crippen MR) is 76.6 cm³/mol. The first-order chi connectivity index (χ1) is 9.79. The topological polar surface area (TPSA) is 46.0 Å². The van der Waals surface area contributed by atoms with Crippen molar-refractivity contribution in [3.8, 4) is 11.8 Å². The van der Waals surface area contributed by atoms with Crippen molar-refractivity contribution in [2.24, 2.45) is 0 Å². The first-order valence-electron chi connectivity index (χ1n) is 6.06. The van der Waals surface area contributed by atoms with Gasteiger partial charge < -0.3 is 5.11 Å². The molecule has 3 nitrogen and oxygen atoms in total. The molecule has 5 heteroatoms. The highest BCUT2D eigenvalue weighted by atomic mass is 32.2. The monoisotopic (exact) mass is 288 g/mol. The number of nitrogens with zero attached hydrogens (tertiary/aromatic N) is 2. The van der Waals surface area contributed by atoms with Gasteiger partial charge in [0.1, 0.15) is 10.8 Å². The fraction of sp³-hybridized carbons (Fsp3) is 0.200. The lowest BCUT2D eigenvalue weighted by Crippen LogP contribution is -1.91. The Morgan fingerprint density at radius 3 is 2.95 bits per heavy atom. The van der Waals surface area contributed by atoms with E-state index in [9.17, 15) is 4.39 Å². The Bertz CT molecular complexity index is 623. The SMILES string of the molecule is OCCC#Cc1cc(F)ccc1CSc1cnccn1. The van der Waals surface area contributed by atoms with Gasteiger partial charge in [-0.3, -0.25) is 4.98 Å². The Balaban J connectivity index is 2.13. The average Bonchev–Trinajstić information content (AvgIpc) is 2.48. The van der Waals surface area contributed by atoms with Gasteiger partial charge in [-0.05, 0) is 17.7 Å². The summed E-state index contributed by atoms with van der Waals surface area (Å²) in [4.78, 5) is 8.17. The molecule has 0 aliphatic carbocycles. The number of thioether (sulfide) groups is 1. The van der Waals surface area contributed by atoms with Gasteiger partial charge in [0.15, 0.2) is 0 Å². The van der Waals surface area contributed by atoms with Gasteiger partial charge in [0.05, 0.1) is 12.8 Å². The summed E-state index contributed by atoms with van der Waals surface area (Å²) in [5.41, 5.74) is 1.59. The highest BCUT2D eigenvalue weighted by Gasteiger charge is 2.04. The molecule has 1 aromatic heterocycles. The van der Waals surface area contributed by atoms with Crippen molar-refractivity contribution < 1.29 is 9.50 Å². The summed E-state index contributed by atoms with van der Waals surface area (Å²) in [7, 11) is 0. The number of aliphatic hydroxyl groups excluding tert-OH is 1. The van der Waals surface area contributed by atoms with Crippen LogP contribution in [0.5, 0.6) is 0 Å². The zero-order valence-corrected chi connectivity index (χ0v) is 11.5. The van der Waals surface area contributed by atoms with Crippen LogP contribution in [0.15, 0.2) is 41.8 Å². The first kappa shape index (κ1) is 14.5. The first-order valence-corrected chi connectivity index (χ1v) is 7.05. The fourth-order valence-electron chi connectivity index (χ4n) is 1.52. The molecule has 0 saturated carbocycles. The molecule has 0 aliphatic rings. The molecular weight excluding hydrogens is 275 g/mol. The Morgan fingerprint density at radius 2 is 2.20 bits per heavy atom. The second-order valence-electron chi connectivity index (χ2n) is 3.91. The summed E-state index contributed by atoms with van der Waals surface area (Å²) in [5.74, 6) is 6.03. The Labute approximate surface area is 121 Å². The normalized spacial score (nSPS) is 9.90. The Morgan fingerprint density at radius 1 is 1.30 bits per heavy atom. The predicted octanol–water partition coefficient (Wildman–Crippen LogP) is 2.64. The Kier molecular flexibility index (Phi) is 5.54. The quantitative estimate of drug-likeness (QED) is 0.694. The lowest BCUT2D eigenvalue weighted by Gasteiger charge is -2.04. The van der Waals surface area contributed by atoms with E-state index < -0.39 is 0 Å². The number of benzene rings is 1. The number of aromatic nitrogens is 2. The van der Waals surface area contributed by atoms with Crippen molar-refractivity contribution in [1.29, 1.82) is 0 Å². The molecule has 2 rings (SSSR count). The molecule has 1 aromatic carbocycles. The minimum Gasteiger partial charge on any atom is -0.395 e. The van der Waals surface area contributed by atoms with E-state index in [2.05, 4.69) is 21.8 Å². The maximum absolute atomic E-state index is 13.3. The number of hydrogen-bond acceptors (Lipinski definition) is 4. The van der Waals surface area contributed by atoms with Crippen LogP contribution in [0, 0.1) is 17.7 Å². The molecule has 0 fully saturated rings. The van der Waals surface area contributed by atoms with Crippen molar-refractivity contribution >= 4 is 11.8 Å². The van der Waals surface area contributed by atoms with Crippen molar-refractivity contribution in [3.63, 3.8) is 0 Å². The van der Waals surface area contributed by atoms with E-state index in [0.29, 0.717) is 17.7 Å². The molecule has 0 aliphatic heterocycles. The average molecular weight is 288 g/mol. The van der Waals surface area contributed by atoms with Crippen LogP contribution in [0.25, 0.3) is 0 Å². The molecule has 0 saturated heterocycles. The summed E-state index contributed by atoms with van der Waals surface area (Å²) in [6, 6.07) is 4.56. The van der Waals surface area contributed by atoms with Crippen molar-refractivity contribution in [1.82, 2.24) is 9.97 Å². The van der Waals surface area contributed by atoms with E-state index in [4.69, 9.17) is 5.11 Å². The third-order valence-electron chi connectivity index (χ3n) is 2.45. The summed E-state index contributed by atoms with van der Waals surface area (Å²) < 4.78 is 13.3. The van der Waals surface area contributed by atoms with Crippen LogP contribution < -0.4 is 0 Å². The lowest BCUT2D eigenvalue weighted by atomic mass is 10.1. The third kappa shape index (κ3) is 4.34. The minimum absolute atomic E-state index is 0.00596. The largest absolute Gasteiger partial charge is 0.395 e. The van der Waals surface area contributed by atoms with E-state index in [-0.39, 0.29) is 12.4 Å². The van der Waals surface area contributed by atoms with Gasteiger partial charge in [-0.1, -0.05) is 17.9 Å². The summed E-state index contributed by atoms with van der Waals surface area (Å²) in [6.45, 7) is 0.00596. The fourth-order valence-corrected chi connectivity index (χ4v) is 2.34. The van der Waals surface area contributed by atoms with E-state index in [0.717, 1.165) is 10.6 Å². The van der Waals surface area contributed by atoms with Gasteiger partial charge >= 0.3 is 0 Å². The molecule has 0 bridgehead atoms. The summed E-state index contributed by atoms with van der Waals surface area (Å²) >= 11 is 1.52. The molecule has 0 spiro atoms. The van der Waals surface area contributed by atoms with Crippen LogP contribution >= 0.6 is 11.8 Å². The zero-order valence-electron chi connectivity index (χ0n) is 10.7. The molecule has 0 amide bonds. The van der Waals surface area contributed by atoms with Crippen LogP contribution in [-0.4, -0.2) is 21.7 Å². The van der Waals surface area contributed by atoms with Gasteiger partial charge in [0, 0.05) is 30.1 Å². The molecule has 102 valence electrons. The van der Waals surface area contributed by atoms with Gasteiger partial charge in [0.25, 0.3) is 0 Å².